The van der Waals surface area contributed by atoms with Crippen molar-refractivity contribution >= 4 is 16.8 Å². The maximum atomic E-state index is 13.1. The van der Waals surface area contributed by atoms with Gasteiger partial charge in [-0.05, 0) is 30.5 Å². The number of para-hydroxylation sites is 1. The van der Waals surface area contributed by atoms with E-state index in [1.165, 1.54) is 5.39 Å². The Hall–Kier alpha value is -2.59. The molecule has 25 heavy (non-hydrogen) atoms. The maximum absolute atomic E-state index is 13.1. The zero-order valence-corrected chi connectivity index (χ0v) is 13.9. The second-order valence-electron chi connectivity index (χ2n) is 6.87. The van der Waals surface area contributed by atoms with Gasteiger partial charge in [0.15, 0.2) is 0 Å². The zero-order valence-electron chi connectivity index (χ0n) is 13.9. The fourth-order valence-electron chi connectivity index (χ4n) is 4.22. The van der Waals surface area contributed by atoms with Gasteiger partial charge in [-0.2, -0.15) is 0 Å². The predicted octanol–water partition coefficient (Wildman–Crippen LogP) is 3.89. The lowest BCUT2D eigenvalue weighted by Crippen LogP contribution is -2.35. The molecule has 3 heterocycles. The number of nitrogens with one attached hydrogen (secondary N) is 1. The summed E-state index contributed by atoms with van der Waals surface area (Å²) in [6.07, 6.45) is 4.30. The summed E-state index contributed by atoms with van der Waals surface area (Å²) in [7, 11) is 0. The number of hydrogen-bond acceptors (Lipinski definition) is 2. The van der Waals surface area contributed by atoms with Crippen LogP contribution in [0.25, 0.3) is 10.9 Å². The molecule has 2 atom stereocenters. The maximum Gasteiger partial charge on any atom is 0.255 e. The zero-order chi connectivity index (χ0) is 16.8. The van der Waals surface area contributed by atoms with Crippen molar-refractivity contribution in [1.82, 2.24) is 9.88 Å². The van der Waals surface area contributed by atoms with Crippen molar-refractivity contribution in [3.8, 4) is 0 Å². The number of aromatic nitrogens is 1. The van der Waals surface area contributed by atoms with Crippen molar-refractivity contribution in [3.05, 3.63) is 71.4 Å². The monoisotopic (exact) mass is 332 g/mol. The lowest BCUT2D eigenvalue weighted by molar-refractivity contribution is 0.0500. The van der Waals surface area contributed by atoms with Gasteiger partial charge < -0.3 is 14.6 Å². The number of benzene rings is 2. The molecular formula is C21H20N2O2. The van der Waals surface area contributed by atoms with Gasteiger partial charge in [-0.15, -0.1) is 0 Å². The van der Waals surface area contributed by atoms with Crippen LogP contribution < -0.4 is 0 Å². The summed E-state index contributed by atoms with van der Waals surface area (Å²) in [5.74, 6) is 0.112. The summed E-state index contributed by atoms with van der Waals surface area (Å²) >= 11 is 0. The number of amides is 1. The molecule has 3 aromatic rings. The third-order valence-electron chi connectivity index (χ3n) is 5.40. The highest BCUT2D eigenvalue weighted by Crippen LogP contribution is 2.41. The van der Waals surface area contributed by atoms with Gasteiger partial charge in [0.05, 0.1) is 12.1 Å². The molecule has 0 unspecified atom stereocenters. The summed E-state index contributed by atoms with van der Waals surface area (Å²) in [6.45, 7) is 1.45. The molecule has 2 aliphatic rings. The minimum absolute atomic E-state index is 0.0518. The molecule has 0 bridgehead atoms. The molecule has 0 spiro atoms. The van der Waals surface area contributed by atoms with Crippen LogP contribution in [-0.4, -0.2) is 35.0 Å². The Kier molecular flexibility index (Phi) is 3.38. The number of aromatic amines is 1. The topological polar surface area (TPSA) is 45.3 Å². The van der Waals surface area contributed by atoms with E-state index in [1.807, 2.05) is 41.4 Å². The standard InChI is InChI=1S/C21H20N2O2/c24-21-17-9-2-1-8-16(17)20(23(21)13-14-6-5-11-25-14)18-12-22-19-10-4-3-7-15(18)19/h1-4,7-10,12,14,20,22H,5-6,11,13H2/t14-,20+/m1/s1. The minimum atomic E-state index is -0.0518. The predicted molar refractivity (Wildman–Crippen MR) is 96.6 cm³/mol. The lowest BCUT2D eigenvalue weighted by Gasteiger charge is -2.27. The molecule has 0 radical (unpaired) electrons. The van der Waals surface area contributed by atoms with Gasteiger partial charge in [-0.1, -0.05) is 36.4 Å². The van der Waals surface area contributed by atoms with E-state index >= 15 is 0 Å². The van der Waals surface area contributed by atoms with E-state index in [2.05, 4.69) is 23.2 Å². The molecule has 2 aromatic carbocycles. The summed E-state index contributed by atoms with van der Waals surface area (Å²) in [6, 6.07) is 16.2. The van der Waals surface area contributed by atoms with E-state index in [0.717, 1.165) is 41.7 Å². The van der Waals surface area contributed by atoms with Gasteiger partial charge in [0.1, 0.15) is 0 Å². The SMILES string of the molecule is O=C1c2ccccc2[C@@H](c2c[nH]c3ccccc23)N1C[C@H]1CCCO1. The number of rotatable bonds is 3. The van der Waals surface area contributed by atoms with Gasteiger partial charge in [-0.3, -0.25) is 4.79 Å². The highest BCUT2D eigenvalue weighted by molar-refractivity contribution is 6.00. The van der Waals surface area contributed by atoms with E-state index in [4.69, 9.17) is 4.74 Å². The largest absolute Gasteiger partial charge is 0.376 e. The quantitative estimate of drug-likeness (QED) is 0.791. The van der Waals surface area contributed by atoms with Gasteiger partial charge in [0.2, 0.25) is 0 Å². The Labute approximate surface area is 146 Å². The first-order valence-corrected chi connectivity index (χ1v) is 8.90. The van der Waals surface area contributed by atoms with Crippen LogP contribution in [0.5, 0.6) is 0 Å². The average molecular weight is 332 g/mol. The summed E-state index contributed by atoms with van der Waals surface area (Å²) in [5.41, 5.74) is 4.17. The van der Waals surface area contributed by atoms with Crippen molar-refractivity contribution in [2.24, 2.45) is 0 Å². The van der Waals surface area contributed by atoms with Crippen LogP contribution >= 0.6 is 0 Å². The summed E-state index contributed by atoms with van der Waals surface area (Å²) in [5, 5.41) is 1.18. The molecule has 1 fully saturated rings. The van der Waals surface area contributed by atoms with Gasteiger partial charge in [0.25, 0.3) is 5.91 Å². The van der Waals surface area contributed by atoms with Crippen molar-refractivity contribution in [2.75, 3.05) is 13.2 Å². The lowest BCUT2D eigenvalue weighted by atomic mass is 9.97. The van der Waals surface area contributed by atoms with Crippen LogP contribution in [0.2, 0.25) is 0 Å². The molecule has 2 aliphatic heterocycles. The molecule has 0 aliphatic carbocycles. The van der Waals surface area contributed by atoms with Crippen molar-refractivity contribution in [1.29, 1.82) is 0 Å². The fourth-order valence-corrected chi connectivity index (χ4v) is 4.22. The fraction of sp³-hybridized carbons (Fsp3) is 0.286. The summed E-state index contributed by atoms with van der Waals surface area (Å²) in [4.78, 5) is 18.4. The average Bonchev–Trinajstić information content (AvgIpc) is 3.36. The number of nitrogens with zero attached hydrogens (tertiary/aromatic N) is 1. The third-order valence-corrected chi connectivity index (χ3v) is 5.40. The van der Waals surface area contributed by atoms with E-state index < -0.39 is 0 Å². The third kappa shape index (κ3) is 2.29. The van der Waals surface area contributed by atoms with Gasteiger partial charge in [0, 0.05) is 41.4 Å². The molecule has 4 heteroatoms. The molecule has 1 amide bonds. The minimum Gasteiger partial charge on any atom is -0.376 e. The van der Waals surface area contributed by atoms with Gasteiger partial charge in [-0.25, -0.2) is 0 Å². The van der Waals surface area contributed by atoms with Crippen LogP contribution in [0.1, 0.15) is 40.4 Å². The first kappa shape index (κ1) is 14.7. The molecule has 1 N–H and O–H groups in total. The molecule has 0 saturated carbocycles. The van der Waals surface area contributed by atoms with Crippen LogP contribution in [0.15, 0.2) is 54.7 Å². The number of H-pyrrole nitrogens is 1. The molecular weight excluding hydrogens is 312 g/mol. The van der Waals surface area contributed by atoms with E-state index in [0.29, 0.717) is 6.54 Å². The van der Waals surface area contributed by atoms with E-state index in [-0.39, 0.29) is 18.1 Å². The van der Waals surface area contributed by atoms with Crippen LogP contribution in [-0.2, 0) is 4.74 Å². The Morgan fingerprint density at radius 1 is 1.08 bits per heavy atom. The summed E-state index contributed by atoms with van der Waals surface area (Å²) < 4.78 is 5.81. The van der Waals surface area contributed by atoms with Gasteiger partial charge >= 0.3 is 0 Å². The highest BCUT2D eigenvalue weighted by atomic mass is 16.5. The van der Waals surface area contributed by atoms with Crippen molar-refractivity contribution < 1.29 is 9.53 Å². The van der Waals surface area contributed by atoms with Crippen molar-refractivity contribution in [2.45, 2.75) is 25.0 Å². The normalized spacial score (nSPS) is 22.7. The highest BCUT2D eigenvalue weighted by Gasteiger charge is 2.39. The first-order valence-electron chi connectivity index (χ1n) is 8.90. The molecule has 4 nitrogen and oxygen atoms in total. The Morgan fingerprint density at radius 3 is 2.80 bits per heavy atom. The number of carbonyl (C=O) groups is 1. The second-order valence-corrected chi connectivity index (χ2v) is 6.87. The van der Waals surface area contributed by atoms with Crippen LogP contribution in [0, 0.1) is 0 Å². The smallest absolute Gasteiger partial charge is 0.255 e. The first-order chi connectivity index (χ1) is 12.3. The molecule has 5 rings (SSSR count). The van der Waals surface area contributed by atoms with E-state index in [9.17, 15) is 4.79 Å². The molecule has 1 saturated heterocycles. The Balaban J connectivity index is 1.63. The molecule has 126 valence electrons. The molecule has 1 aromatic heterocycles. The number of carbonyl (C=O) groups excluding carboxylic acids is 1. The number of hydrogen-bond donors (Lipinski definition) is 1. The van der Waals surface area contributed by atoms with Crippen LogP contribution in [0.3, 0.4) is 0 Å². The van der Waals surface area contributed by atoms with E-state index in [1.54, 1.807) is 0 Å². The second kappa shape index (κ2) is 5.74. The number of fused-ring (bicyclic) bond motifs is 2. The van der Waals surface area contributed by atoms with Crippen molar-refractivity contribution in [3.63, 3.8) is 0 Å². The number of ether oxygens (including phenoxy) is 1. The van der Waals surface area contributed by atoms with Crippen LogP contribution in [0.4, 0.5) is 0 Å². The Bertz CT molecular complexity index is 940. The Morgan fingerprint density at radius 2 is 1.92 bits per heavy atom.